The van der Waals surface area contributed by atoms with E-state index in [0.29, 0.717) is 45.2 Å². The maximum atomic E-state index is 14.1. The van der Waals surface area contributed by atoms with Gasteiger partial charge < -0.3 is 11.1 Å². The molecule has 0 saturated carbocycles. The van der Waals surface area contributed by atoms with Crippen LogP contribution in [0.1, 0.15) is 50.5 Å². The number of aromatic nitrogens is 6. The average molecular weight is 601 g/mol. The van der Waals surface area contributed by atoms with Crippen LogP contribution >= 0.6 is 11.3 Å². The number of rotatable bonds is 7. The lowest BCUT2D eigenvalue weighted by Crippen LogP contribution is -2.17. The highest BCUT2D eigenvalue weighted by Gasteiger charge is 2.27. The molecule has 43 heavy (non-hydrogen) atoms. The summed E-state index contributed by atoms with van der Waals surface area (Å²) in [6.45, 7) is 6.21. The Balaban J connectivity index is 1.57. The Labute approximate surface area is 248 Å². The van der Waals surface area contributed by atoms with E-state index in [1.165, 1.54) is 6.07 Å². The second-order valence-electron chi connectivity index (χ2n) is 10.00. The highest BCUT2D eigenvalue weighted by molar-refractivity contribution is 7.21. The number of nitrogens with one attached hydrogen (secondary N) is 1. The van der Waals surface area contributed by atoms with Gasteiger partial charge in [-0.15, -0.1) is 11.3 Å². The van der Waals surface area contributed by atoms with Crippen molar-refractivity contribution in [3.63, 3.8) is 0 Å². The first-order valence-corrected chi connectivity index (χ1v) is 14.2. The lowest BCUT2D eigenvalue weighted by atomic mass is 10.0. The van der Waals surface area contributed by atoms with Crippen molar-refractivity contribution < 1.29 is 18.4 Å². The SMILES string of the molecule is CCn1ncc(-c2cc(C(F)F)nc3sc(C(N)=O)c(NC(=O)c4cc(-c5cnn(C)c5C)nc5ccccc45)c23)c1C. The molecule has 2 amide bonds. The number of hydrogen-bond acceptors (Lipinski definition) is 7. The summed E-state index contributed by atoms with van der Waals surface area (Å²) in [5, 5.41) is 12.5. The van der Waals surface area contributed by atoms with Crippen LogP contribution in [0.4, 0.5) is 14.5 Å². The quantitative estimate of drug-likeness (QED) is 0.230. The van der Waals surface area contributed by atoms with Crippen LogP contribution in [0.15, 0.2) is 48.8 Å². The smallest absolute Gasteiger partial charge is 0.280 e. The van der Waals surface area contributed by atoms with Gasteiger partial charge in [0, 0.05) is 46.9 Å². The van der Waals surface area contributed by atoms with Gasteiger partial charge in [0.1, 0.15) is 15.4 Å². The minimum Gasteiger partial charge on any atom is -0.365 e. The highest BCUT2D eigenvalue weighted by atomic mass is 32.1. The van der Waals surface area contributed by atoms with E-state index in [4.69, 9.17) is 10.7 Å². The first-order valence-electron chi connectivity index (χ1n) is 13.4. The van der Waals surface area contributed by atoms with Gasteiger partial charge in [0.15, 0.2) is 0 Å². The molecular weight excluding hydrogens is 574 g/mol. The Bertz CT molecular complexity index is 2080. The Morgan fingerprint density at radius 3 is 2.42 bits per heavy atom. The molecule has 0 aliphatic carbocycles. The van der Waals surface area contributed by atoms with Crippen LogP contribution in [0.2, 0.25) is 0 Å². The number of pyridine rings is 2. The molecule has 6 aromatic rings. The third kappa shape index (κ3) is 4.71. The summed E-state index contributed by atoms with van der Waals surface area (Å²) in [5.41, 5.74) is 10.1. The Hall–Kier alpha value is -5.04. The molecule has 6 rings (SSSR count). The Morgan fingerprint density at radius 1 is 1.02 bits per heavy atom. The molecule has 5 heterocycles. The second-order valence-corrected chi connectivity index (χ2v) is 11.0. The summed E-state index contributed by atoms with van der Waals surface area (Å²) < 4.78 is 31.4. The number of fused-ring (bicyclic) bond motifs is 2. The van der Waals surface area contributed by atoms with Crippen LogP contribution in [0.5, 0.6) is 0 Å². The number of benzene rings is 1. The number of amides is 2. The fourth-order valence-electron chi connectivity index (χ4n) is 5.20. The molecule has 13 heteroatoms. The zero-order chi connectivity index (χ0) is 30.6. The van der Waals surface area contributed by atoms with Crippen LogP contribution < -0.4 is 11.1 Å². The molecule has 218 valence electrons. The van der Waals surface area contributed by atoms with E-state index in [1.54, 1.807) is 46.0 Å². The molecule has 10 nitrogen and oxygen atoms in total. The minimum absolute atomic E-state index is 0.00857. The zero-order valence-electron chi connectivity index (χ0n) is 23.6. The number of thiophene rings is 1. The third-order valence-electron chi connectivity index (χ3n) is 7.53. The van der Waals surface area contributed by atoms with E-state index in [9.17, 15) is 18.4 Å². The normalized spacial score (nSPS) is 11.6. The number of halogens is 2. The monoisotopic (exact) mass is 600 g/mol. The van der Waals surface area contributed by atoms with Gasteiger partial charge in [-0.1, -0.05) is 18.2 Å². The summed E-state index contributed by atoms with van der Waals surface area (Å²) in [5.74, 6) is -1.36. The summed E-state index contributed by atoms with van der Waals surface area (Å²) in [6.07, 6.45) is 0.400. The van der Waals surface area contributed by atoms with Crippen molar-refractivity contribution in [3.05, 3.63) is 76.3 Å². The van der Waals surface area contributed by atoms with E-state index in [0.717, 1.165) is 28.3 Å². The van der Waals surface area contributed by atoms with Crippen molar-refractivity contribution in [1.29, 1.82) is 0 Å². The van der Waals surface area contributed by atoms with Crippen LogP contribution in [0, 0.1) is 13.8 Å². The minimum atomic E-state index is -2.86. The molecule has 0 aliphatic heterocycles. The van der Waals surface area contributed by atoms with Crippen molar-refractivity contribution in [2.24, 2.45) is 12.8 Å². The van der Waals surface area contributed by atoms with Crippen molar-refractivity contribution in [1.82, 2.24) is 29.5 Å². The van der Waals surface area contributed by atoms with Gasteiger partial charge >= 0.3 is 0 Å². The molecule has 0 fully saturated rings. The number of nitrogens with two attached hydrogens (primary N) is 1. The van der Waals surface area contributed by atoms with E-state index in [-0.39, 0.29) is 15.4 Å². The standard InChI is InChI=1S/C30H26F2N8O2S/c1-5-40-15(3)19(12-35-40)17-10-23(27(31)32)37-30-24(17)25(26(43-30)28(33)41)38-29(42)18-11-22(20-13-34-39(4)14(20)2)36-21-9-7-6-8-16(18)21/h6-13,27H,5H2,1-4H3,(H2,33,41)(H,38,42). The number of carbonyl (C=O) groups is 2. The molecule has 0 unspecified atom stereocenters. The number of alkyl halides is 2. The van der Waals surface area contributed by atoms with E-state index < -0.39 is 23.9 Å². The number of primary amides is 1. The van der Waals surface area contributed by atoms with Crippen molar-refractivity contribution in [3.8, 4) is 22.4 Å². The Kier molecular flexibility index (Phi) is 6.97. The van der Waals surface area contributed by atoms with Gasteiger partial charge in [-0.2, -0.15) is 10.2 Å². The fraction of sp³-hybridized carbons (Fsp3) is 0.200. The van der Waals surface area contributed by atoms with E-state index >= 15 is 0 Å². The first kappa shape index (κ1) is 28.1. The Morgan fingerprint density at radius 2 is 1.77 bits per heavy atom. The number of anilines is 1. The largest absolute Gasteiger partial charge is 0.365 e. The number of carbonyl (C=O) groups excluding carboxylic acids is 2. The third-order valence-corrected chi connectivity index (χ3v) is 8.63. The first-order chi connectivity index (χ1) is 20.6. The maximum absolute atomic E-state index is 14.1. The van der Waals surface area contributed by atoms with Crippen LogP contribution in [-0.4, -0.2) is 41.3 Å². The van der Waals surface area contributed by atoms with Crippen molar-refractivity contribution in [2.45, 2.75) is 33.7 Å². The summed E-state index contributed by atoms with van der Waals surface area (Å²) >= 11 is 0.852. The van der Waals surface area contributed by atoms with Gasteiger partial charge in [0.2, 0.25) is 0 Å². The summed E-state index contributed by atoms with van der Waals surface area (Å²) in [4.78, 5) is 35.8. The van der Waals surface area contributed by atoms with Crippen LogP contribution in [0.25, 0.3) is 43.5 Å². The molecule has 0 saturated heterocycles. The maximum Gasteiger partial charge on any atom is 0.280 e. The van der Waals surface area contributed by atoms with Crippen molar-refractivity contribution >= 4 is 50.0 Å². The molecule has 1 aromatic carbocycles. The van der Waals surface area contributed by atoms with Gasteiger partial charge in [-0.25, -0.2) is 18.7 Å². The van der Waals surface area contributed by atoms with Crippen LogP contribution in [0.3, 0.4) is 0 Å². The highest BCUT2D eigenvalue weighted by Crippen LogP contribution is 2.43. The number of aryl methyl sites for hydroxylation is 2. The van der Waals surface area contributed by atoms with Gasteiger partial charge in [-0.05, 0) is 44.5 Å². The molecule has 0 bridgehead atoms. The summed E-state index contributed by atoms with van der Waals surface area (Å²) in [6, 6.07) is 10.2. The number of hydrogen-bond donors (Lipinski definition) is 2. The average Bonchev–Trinajstić information content (AvgIpc) is 3.66. The fourth-order valence-corrected chi connectivity index (χ4v) is 6.21. The number of para-hydroxylation sites is 1. The van der Waals surface area contributed by atoms with Crippen LogP contribution in [-0.2, 0) is 13.6 Å². The molecule has 5 aromatic heterocycles. The van der Waals surface area contributed by atoms with Gasteiger partial charge in [-0.3, -0.25) is 19.0 Å². The van der Waals surface area contributed by atoms with Gasteiger partial charge in [0.25, 0.3) is 18.2 Å². The predicted octanol–water partition coefficient (Wildman–Crippen LogP) is 6.03. The lowest BCUT2D eigenvalue weighted by molar-refractivity contribution is 0.100. The zero-order valence-corrected chi connectivity index (χ0v) is 24.5. The van der Waals surface area contributed by atoms with E-state index in [2.05, 4.69) is 20.5 Å². The molecule has 0 atom stereocenters. The van der Waals surface area contributed by atoms with Crippen molar-refractivity contribution in [2.75, 3.05) is 5.32 Å². The lowest BCUT2D eigenvalue weighted by Gasteiger charge is -2.13. The van der Waals surface area contributed by atoms with E-state index in [1.807, 2.05) is 33.9 Å². The second kappa shape index (κ2) is 10.7. The topological polar surface area (TPSA) is 134 Å². The van der Waals surface area contributed by atoms with Gasteiger partial charge in [0.05, 0.1) is 34.9 Å². The molecule has 0 radical (unpaired) electrons. The predicted molar refractivity (Wildman–Crippen MR) is 161 cm³/mol. The molecule has 0 spiro atoms. The number of nitrogens with zero attached hydrogens (tertiary/aromatic N) is 6. The molecule has 0 aliphatic rings. The molecule has 3 N–H and O–H groups in total. The molecular formula is C30H26F2N8O2S. The summed E-state index contributed by atoms with van der Waals surface area (Å²) in [7, 11) is 1.82.